The summed E-state index contributed by atoms with van der Waals surface area (Å²) in [4.78, 5) is 10.9. The van der Waals surface area contributed by atoms with E-state index >= 15 is 0 Å². The van der Waals surface area contributed by atoms with Crippen LogP contribution in [0.2, 0.25) is 0 Å². The second-order valence-electron chi connectivity index (χ2n) is 6.54. The fourth-order valence-corrected chi connectivity index (χ4v) is 2.60. The van der Waals surface area contributed by atoms with Crippen molar-refractivity contribution < 1.29 is 14.3 Å². The van der Waals surface area contributed by atoms with Gasteiger partial charge in [0.1, 0.15) is 5.78 Å². The summed E-state index contributed by atoms with van der Waals surface area (Å²) in [6, 6.07) is 0. The first-order chi connectivity index (χ1) is 8.62. The molecule has 1 atom stereocenters. The summed E-state index contributed by atoms with van der Waals surface area (Å²) in [5.74, 6) is -0.236. The Bertz CT molecular complexity index is 353. The molecule has 0 aromatic heterocycles. The Morgan fingerprint density at radius 3 is 2.26 bits per heavy atom. The normalized spacial score (nSPS) is 25.6. The number of hydrogen-bond acceptors (Lipinski definition) is 3. The molecule has 0 N–H and O–H groups in total. The first kappa shape index (κ1) is 16.4. The zero-order valence-electron chi connectivity index (χ0n) is 13.2. The second kappa shape index (κ2) is 6.19. The van der Waals surface area contributed by atoms with E-state index in [4.69, 9.17) is 9.47 Å². The van der Waals surface area contributed by atoms with Crippen LogP contribution in [0.1, 0.15) is 67.2 Å². The Morgan fingerprint density at radius 2 is 1.79 bits per heavy atom. The monoisotopic (exact) mass is 268 g/mol. The van der Waals surface area contributed by atoms with Gasteiger partial charge in [-0.3, -0.25) is 0 Å². The zero-order chi connectivity index (χ0) is 14.7. The molecule has 0 unspecified atom stereocenters. The minimum atomic E-state index is -0.486. The lowest BCUT2D eigenvalue weighted by molar-refractivity contribution is -0.157. The molecule has 19 heavy (non-hydrogen) atoms. The van der Waals surface area contributed by atoms with Gasteiger partial charge in [0.2, 0.25) is 0 Å². The molecule has 110 valence electrons. The number of carbonyl (C=O) groups excluding carboxylic acids is 1. The van der Waals surface area contributed by atoms with Gasteiger partial charge in [-0.15, -0.1) is 0 Å². The first-order valence-electron chi connectivity index (χ1n) is 7.15. The topological polar surface area (TPSA) is 35.5 Å². The fourth-order valence-electron chi connectivity index (χ4n) is 2.60. The number of Topliss-reactive ketones (excluding diaryl/α,β-unsaturated/α-hetero) is 1. The number of ether oxygens (including phenoxy) is 2. The van der Waals surface area contributed by atoms with Crippen LogP contribution < -0.4 is 0 Å². The van der Waals surface area contributed by atoms with Crippen LogP contribution in [0, 0.1) is 0 Å². The van der Waals surface area contributed by atoms with E-state index in [1.807, 2.05) is 13.8 Å². The van der Waals surface area contributed by atoms with Gasteiger partial charge in [0, 0.05) is 6.42 Å². The Labute approximate surface area is 117 Å². The Hall–Kier alpha value is -0.670. The minimum Gasteiger partial charge on any atom is -0.344 e. The molecule has 3 nitrogen and oxygen atoms in total. The average Bonchev–Trinajstić information content (AvgIpc) is 2.42. The molecule has 0 amide bonds. The fraction of sp³-hybridized carbons (Fsp3) is 0.812. The molecule has 0 saturated carbocycles. The van der Waals surface area contributed by atoms with Crippen LogP contribution >= 0.6 is 0 Å². The lowest BCUT2D eigenvalue weighted by Crippen LogP contribution is -2.33. The number of rotatable bonds is 6. The number of hydrogen-bond donors (Lipinski definition) is 0. The quantitative estimate of drug-likeness (QED) is 0.683. The molecule has 1 rings (SSSR count). The summed E-state index contributed by atoms with van der Waals surface area (Å²) < 4.78 is 11.9. The highest BCUT2D eigenvalue weighted by atomic mass is 16.8. The molecular formula is C16H28O3. The highest BCUT2D eigenvalue weighted by molar-refractivity contribution is 5.75. The van der Waals surface area contributed by atoms with Crippen molar-refractivity contribution in [3.63, 3.8) is 0 Å². The third-order valence-corrected chi connectivity index (χ3v) is 3.50. The Morgan fingerprint density at radius 1 is 1.16 bits per heavy atom. The lowest BCUT2D eigenvalue weighted by Gasteiger charge is -2.24. The molecule has 1 fully saturated rings. The summed E-state index contributed by atoms with van der Waals surface area (Å²) in [5.41, 5.74) is 1.09. The van der Waals surface area contributed by atoms with Crippen LogP contribution in [0.5, 0.6) is 0 Å². The lowest BCUT2D eigenvalue weighted by atomic mass is 9.95. The van der Waals surface area contributed by atoms with Crippen molar-refractivity contribution in [2.45, 2.75) is 84.7 Å². The van der Waals surface area contributed by atoms with Crippen molar-refractivity contribution in [2.75, 3.05) is 0 Å². The summed E-state index contributed by atoms with van der Waals surface area (Å²) in [6.45, 7) is 11.8. The van der Waals surface area contributed by atoms with E-state index in [0.717, 1.165) is 19.3 Å². The van der Waals surface area contributed by atoms with Gasteiger partial charge in [-0.25, -0.2) is 0 Å². The predicted octanol–water partition coefficient (Wildman–Crippen LogP) is 4.01. The highest BCUT2D eigenvalue weighted by Gasteiger charge is 2.46. The van der Waals surface area contributed by atoms with Crippen molar-refractivity contribution in [3.05, 3.63) is 11.6 Å². The minimum absolute atomic E-state index is 0.124. The summed E-state index contributed by atoms with van der Waals surface area (Å²) >= 11 is 0. The van der Waals surface area contributed by atoms with Gasteiger partial charge in [-0.05, 0) is 60.8 Å². The maximum absolute atomic E-state index is 10.9. The number of ketones is 1. The molecule has 0 spiro atoms. The standard InChI is InChI=1S/C16H28O3/c1-12(8-7-9-13(2)17)10-11-14-15(3,4)19-16(5,6)18-14/h8,14H,7,9-11H2,1-6H3/b12-8+/t14-/m0/s1. The van der Waals surface area contributed by atoms with Crippen molar-refractivity contribution in [1.29, 1.82) is 0 Å². The maximum atomic E-state index is 10.9. The third kappa shape index (κ3) is 5.45. The largest absolute Gasteiger partial charge is 0.344 e. The van der Waals surface area contributed by atoms with Gasteiger partial charge in [0.05, 0.1) is 11.7 Å². The van der Waals surface area contributed by atoms with Gasteiger partial charge < -0.3 is 14.3 Å². The molecule has 3 heteroatoms. The van der Waals surface area contributed by atoms with E-state index in [1.165, 1.54) is 5.57 Å². The Balaban J connectivity index is 2.42. The summed E-state index contributed by atoms with van der Waals surface area (Å²) in [6.07, 6.45) is 5.72. The summed E-state index contributed by atoms with van der Waals surface area (Å²) in [7, 11) is 0. The molecule has 1 aliphatic rings. The zero-order valence-corrected chi connectivity index (χ0v) is 13.2. The van der Waals surface area contributed by atoms with Crippen molar-refractivity contribution in [3.8, 4) is 0 Å². The van der Waals surface area contributed by atoms with Crippen molar-refractivity contribution in [2.24, 2.45) is 0 Å². The smallest absolute Gasteiger partial charge is 0.164 e. The van der Waals surface area contributed by atoms with E-state index in [1.54, 1.807) is 6.92 Å². The van der Waals surface area contributed by atoms with E-state index in [-0.39, 0.29) is 17.5 Å². The van der Waals surface area contributed by atoms with E-state index < -0.39 is 5.79 Å². The molecule has 1 aliphatic heterocycles. The van der Waals surface area contributed by atoms with Crippen LogP contribution in [0.15, 0.2) is 11.6 Å². The Kier molecular flexibility index (Phi) is 5.34. The molecular weight excluding hydrogens is 240 g/mol. The van der Waals surface area contributed by atoms with Gasteiger partial charge in [-0.1, -0.05) is 11.6 Å². The van der Waals surface area contributed by atoms with Gasteiger partial charge in [0.15, 0.2) is 5.79 Å². The molecule has 0 aromatic rings. The maximum Gasteiger partial charge on any atom is 0.164 e. The molecule has 1 saturated heterocycles. The van der Waals surface area contributed by atoms with Crippen molar-refractivity contribution in [1.82, 2.24) is 0 Å². The number of allylic oxidation sites excluding steroid dienone is 2. The van der Waals surface area contributed by atoms with E-state index in [2.05, 4.69) is 26.8 Å². The molecule has 0 aliphatic carbocycles. The SMILES string of the molecule is CC(=O)CC/C=C(\C)CC[C@@H]1OC(C)(C)OC1(C)C. The van der Waals surface area contributed by atoms with Crippen LogP contribution in [-0.4, -0.2) is 23.3 Å². The van der Waals surface area contributed by atoms with Crippen LogP contribution in [-0.2, 0) is 14.3 Å². The molecule has 0 bridgehead atoms. The van der Waals surface area contributed by atoms with Crippen LogP contribution in [0.4, 0.5) is 0 Å². The van der Waals surface area contributed by atoms with Gasteiger partial charge in [-0.2, -0.15) is 0 Å². The summed E-state index contributed by atoms with van der Waals surface area (Å²) in [5, 5.41) is 0. The molecule has 0 radical (unpaired) electrons. The average molecular weight is 268 g/mol. The van der Waals surface area contributed by atoms with Gasteiger partial charge >= 0.3 is 0 Å². The highest BCUT2D eigenvalue weighted by Crippen LogP contribution is 2.38. The van der Waals surface area contributed by atoms with Crippen LogP contribution in [0.3, 0.4) is 0 Å². The predicted molar refractivity (Wildman–Crippen MR) is 77.0 cm³/mol. The number of carbonyl (C=O) groups is 1. The molecule has 0 aromatic carbocycles. The van der Waals surface area contributed by atoms with E-state index in [9.17, 15) is 4.79 Å². The van der Waals surface area contributed by atoms with Gasteiger partial charge in [0.25, 0.3) is 0 Å². The van der Waals surface area contributed by atoms with Crippen molar-refractivity contribution >= 4 is 5.78 Å². The molecule has 1 heterocycles. The first-order valence-corrected chi connectivity index (χ1v) is 7.15. The third-order valence-electron chi connectivity index (χ3n) is 3.50. The van der Waals surface area contributed by atoms with E-state index in [0.29, 0.717) is 6.42 Å². The second-order valence-corrected chi connectivity index (χ2v) is 6.54. The van der Waals surface area contributed by atoms with Crippen LogP contribution in [0.25, 0.3) is 0 Å².